The Hall–Kier alpha value is -1.45. The number of hydrogen-bond donors (Lipinski definition) is 0. The molecule has 1 heterocycles. The second-order valence-electron chi connectivity index (χ2n) is 7.43. The third-order valence-corrected chi connectivity index (χ3v) is 4.36. The molecule has 0 aromatic rings. The van der Waals surface area contributed by atoms with E-state index in [1.165, 1.54) is 0 Å². The summed E-state index contributed by atoms with van der Waals surface area (Å²) in [5, 5.41) is 0. The Bertz CT molecular complexity index is 514. The van der Waals surface area contributed by atoms with Gasteiger partial charge in [-0.05, 0) is 34.1 Å². The van der Waals surface area contributed by atoms with Crippen molar-refractivity contribution in [2.45, 2.75) is 77.9 Å². The van der Waals surface area contributed by atoms with Crippen LogP contribution in [-0.4, -0.2) is 39.9 Å². The fourth-order valence-corrected chi connectivity index (χ4v) is 3.43. The highest BCUT2D eigenvalue weighted by Crippen LogP contribution is 2.34. The molecule has 2 aliphatic rings. The number of fused-ring (bicyclic) bond motifs is 1. The molecule has 3 unspecified atom stereocenters. The van der Waals surface area contributed by atoms with Crippen molar-refractivity contribution >= 4 is 17.4 Å². The highest BCUT2D eigenvalue weighted by molar-refractivity contribution is 5.99. The number of carbonyl (C=O) groups excluding carboxylic acids is 2. The maximum atomic E-state index is 12.9. The summed E-state index contributed by atoms with van der Waals surface area (Å²) >= 11 is 0. The summed E-state index contributed by atoms with van der Waals surface area (Å²) in [6.07, 6.45) is 7.33. The van der Waals surface area contributed by atoms with E-state index in [9.17, 15) is 9.59 Å². The van der Waals surface area contributed by atoms with Crippen LogP contribution in [0, 0.1) is 5.92 Å². The largest absolute Gasteiger partial charge is 0.343 e. The molecule has 4 nitrogen and oxygen atoms in total. The fourth-order valence-electron chi connectivity index (χ4n) is 3.43. The molecule has 0 aromatic carbocycles. The van der Waals surface area contributed by atoms with E-state index < -0.39 is 0 Å². The number of ketones is 2. The predicted molar refractivity (Wildman–Crippen MR) is 89.1 cm³/mol. The zero-order chi connectivity index (χ0) is 16.5. The standard InChI is InChI=1S/C18H28N2O2/c1-6-7-8-15-19-14-10-9-13(11-12(2)21)17(22)16(14)20(15)18(3,4)5/h9-10,13-14,16H,6-8,11H2,1-5H3. The molecule has 0 aromatic heterocycles. The second-order valence-corrected chi connectivity index (χ2v) is 7.43. The highest BCUT2D eigenvalue weighted by Gasteiger charge is 2.47. The fraction of sp³-hybridized carbons (Fsp3) is 0.722. The van der Waals surface area contributed by atoms with E-state index in [-0.39, 0.29) is 35.1 Å². The maximum Gasteiger partial charge on any atom is 0.165 e. The molecule has 1 aliphatic heterocycles. The lowest BCUT2D eigenvalue weighted by atomic mass is 9.83. The second kappa shape index (κ2) is 6.35. The number of unbranched alkanes of at least 4 members (excludes halogenated alkanes) is 1. The van der Waals surface area contributed by atoms with Crippen LogP contribution in [0.4, 0.5) is 0 Å². The van der Waals surface area contributed by atoms with Crippen LogP contribution in [0.5, 0.6) is 0 Å². The number of hydrogen-bond acceptors (Lipinski definition) is 4. The van der Waals surface area contributed by atoms with Gasteiger partial charge in [0.1, 0.15) is 17.7 Å². The minimum atomic E-state index is -0.288. The first kappa shape index (κ1) is 16.9. The summed E-state index contributed by atoms with van der Waals surface area (Å²) in [6, 6.07) is -0.317. The van der Waals surface area contributed by atoms with Crippen molar-refractivity contribution in [3.8, 4) is 0 Å². The number of Topliss-reactive ketones (excluding diaryl/α,β-unsaturated/α-hetero) is 2. The van der Waals surface area contributed by atoms with Gasteiger partial charge in [-0.2, -0.15) is 0 Å². The van der Waals surface area contributed by atoms with Crippen LogP contribution in [0.3, 0.4) is 0 Å². The van der Waals surface area contributed by atoms with E-state index in [2.05, 4.69) is 32.6 Å². The van der Waals surface area contributed by atoms with Gasteiger partial charge in [-0.1, -0.05) is 25.5 Å². The first-order chi connectivity index (χ1) is 10.3. The van der Waals surface area contributed by atoms with Crippen LogP contribution in [-0.2, 0) is 9.59 Å². The molecule has 122 valence electrons. The first-order valence-corrected chi connectivity index (χ1v) is 8.33. The average molecular weight is 304 g/mol. The first-order valence-electron chi connectivity index (χ1n) is 8.33. The molecule has 3 atom stereocenters. The lowest BCUT2D eigenvalue weighted by molar-refractivity contribution is -0.130. The molecule has 0 spiro atoms. The molecular formula is C18H28N2O2. The zero-order valence-corrected chi connectivity index (χ0v) is 14.4. The van der Waals surface area contributed by atoms with Gasteiger partial charge in [0.05, 0.1) is 6.04 Å². The number of aliphatic imine (C=N–C) groups is 1. The van der Waals surface area contributed by atoms with Gasteiger partial charge in [0.2, 0.25) is 0 Å². The molecule has 1 aliphatic carbocycles. The minimum Gasteiger partial charge on any atom is -0.343 e. The van der Waals surface area contributed by atoms with Crippen LogP contribution in [0.1, 0.15) is 60.3 Å². The minimum absolute atomic E-state index is 0.0638. The van der Waals surface area contributed by atoms with Crippen LogP contribution in [0.15, 0.2) is 17.1 Å². The molecule has 22 heavy (non-hydrogen) atoms. The lowest BCUT2D eigenvalue weighted by Gasteiger charge is -2.41. The van der Waals surface area contributed by atoms with Crippen molar-refractivity contribution in [3.63, 3.8) is 0 Å². The van der Waals surface area contributed by atoms with E-state index in [0.717, 1.165) is 25.1 Å². The van der Waals surface area contributed by atoms with Crippen molar-refractivity contribution in [1.82, 2.24) is 4.90 Å². The Morgan fingerprint density at radius 2 is 2.00 bits per heavy atom. The third kappa shape index (κ3) is 3.31. The van der Waals surface area contributed by atoms with Crippen molar-refractivity contribution < 1.29 is 9.59 Å². The van der Waals surface area contributed by atoms with Gasteiger partial charge >= 0.3 is 0 Å². The van der Waals surface area contributed by atoms with E-state index in [0.29, 0.717) is 6.42 Å². The van der Waals surface area contributed by atoms with Gasteiger partial charge in [0, 0.05) is 24.3 Å². The van der Waals surface area contributed by atoms with Crippen molar-refractivity contribution in [3.05, 3.63) is 12.2 Å². The summed E-state index contributed by atoms with van der Waals surface area (Å²) in [6.45, 7) is 10.1. The molecule has 0 fully saturated rings. The number of allylic oxidation sites excluding steroid dienone is 1. The van der Waals surface area contributed by atoms with Crippen LogP contribution < -0.4 is 0 Å². The predicted octanol–water partition coefficient (Wildman–Crippen LogP) is 3.16. The maximum absolute atomic E-state index is 12.9. The Morgan fingerprint density at radius 3 is 2.55 bits per heavy atom. The molecule has 0 saturated heterocycles. The number of carbonyl (C=O) groups is 2. The molecule has 4 heteroatoms. The van der Waals surface area contributed by atoms with Gasteiger partial charge in [-0.25, -0.2) is 0 Å². The molecule has 0 radical (unpaired) electrons. The Labute approximate surface area is 133 Å². The van der Waals surface area contributed by atoms with E-state index >= 15 is 0 Å². The van der Waals surface area contributed by atoms with E-state index in [1.54, 1.807) is 6.92 Å². The summed E-state index contributed by atoms with van der Waals surface area (Å²) in [4.78, 5) is 31.3. The Kier molecular flexibility index (Phi) is 4.88. The normalized spacial score (nSPS) is 27.9. The Morgan fingerprint density at radius 1 is 1.32 bits per heavy atom. The summed E-state index contributed by atoms with van der Waals surface area (Å²) in [5.74, 6) is 0.969. The SMILES string of the molecule is CCCCC1=NC2C=CC(CC(C)=O)C(=O)C2N1C(C)(C)C. The number of rotatable bonds is 5. The highest BCUT2D eigenvalue weighted by atomic mass is 16.1. The monoisotopic (exact) mass is 304 g/mol. The molecular weight excluding hydrogens is 276 g/mol. The average Bonchev–Trinajstić information content (AvgIpc) is 2.78. The zero-order valence-electron chi connectivity index (χ0n) is 14.4. The lowest BCUT2D eigenvalue weighted by Crippen LogP contribution is -2.56. The van der Waals surface area contributed by atoms with Gasteiger partial charge in [-0.15, -0.1) is 0 Å². The smallest absolute Gasteiger partial charge is 0.165 e. The molecule has 0 N–H and O–H groups in total. The van der Waals surface area contributed by atoms with E-state index in [4.69, 9.17) is 4.99 Å². The number of amidine groups is 1. The van der Waals surface area contributed by atoms with Gasteiger partial charge < -0.3 is 4.90 Å². The molecule has 0 amide bonds. The van der Waals surface area contributed by atoms with Crippen molar-refractivity contribution in [2.24, 2.45) is 10.9 Å². The number of nitrogens with zero attached hydrogens (tertiary/aromatic N) is 2. The summed E-state index contributed by atoms with van der Waals surface area (Å²) in [7, 11) is 0. The third-order valence-electron chi connectivity index (χ3n) is 4.36. The van der Waals surface area contributed by atoms with Crippen LogP contribution in [0.25, 0.3) is 0 Å². The van der Waals surface area contributed by atoms with Crippen molar-refractivity contribution in [2.75, 3.05) is 0 Å². The Balaban J connectivity index is 2.29. The summed E-state index contributed by atoms with van der Waals surface area (Å²) < 4.78 is 0. The molecule has 2 rings (SSSR count). The topological polar surface area (TPSA) is 49.7 Å². The van der Waals surface area contributed by atoms with E-state index in [1.807, 2.05) is 12.2 Å². The van der Waals surface area contributed by atoms with Gasteiger partial charge in [0.25, 0.3) is 0 Å². The molecule has 0 bridgehead atoms. The quantitative estimate of drug-likeness (QED) is 0.733. The van der Waals surface area contributed by atoms with Crippen molar-refractivity contribution in [1.29, 1.82) is 0 Å². The molecule has 0 saturated carbocycles. The van der Waals surface area contributed by atoms with Gasteiger partial charge in [0.15, 0.2) is 5.78 Å². The summed E-state index contributed by atoms with van der Waals surface area (Å²) in [5.41, 5.74) is -0.145. The van der Waals surface area contributed by atoms with Crippen LogP contribution >= 0.6 is 0 Å². The van der Waals surface area contributed by atoms with Crippen LogP contribution in [0.2, 0.25) is 0 Å². The van der Waals surface area contributed by atoms with Gasteiger partial charge in [-0.3, -0.25) is 14.6 Å².